The molecule has 0 unspecified atom stereocenters. The minimum absolute atomic E-state index is 0.00394. The first kappa shape index (κ1) is 13.5. The zero-order valence-electron chi connectivity index (χ0n) is 9.96. The van der Waals surface area contributed by atoms with Gasteiger partial charge in [-0.05, 0) is 19.1 Å². The molecule has 0 saturated heterocycles. The monoisotopic (exact) mass is 241 g/mol. The molecule has 1 rings (SSSR count). The van der Waals surface area contributed by atoms with Gasteiger partial charge in [-0.25, -0.2) is 0 Å². The van der Waals surface area contributed by atoms with Gasteiger partial charge in [-0.3, -0.25) is 0 Å². The number of pyridine rings is 1. The highest BCUT2D eigenvalue weighted by Gasteiger charge is 2.10. The number of hydrogen-bond acceptors (Lipinski definition) is 6. The zero-order valence-corrected chi connectivity index (χ0v) is 9.96. The topological polar surface area (TPSA) is 91.8 Å². The molecule has 6 heteroatoms. The summed E-state index contributed by atoms with van der Waals surface area (Å²) in [4.78, 5) is 6.02. The van der Waals surface area contributed by atoms with E-state index < -0.39 is 0 Å². The van der Waals surface area contributed by atoms with E-state index in [1.165, 1.54) is 0 Å². The summed E-state index contributed by atoms with van der Waals surface area (Å²) >= 11 is 0. The molecule has 0 amide bonds. The van der Waals surface area contributed by atoms with Crippen LogP contribution in [0.15, 0.2) is 12.1 Å². The highest BCUT2D eigenvalue weighted by Crippen LogP contribution is 2.22. The fraction of sp³-hybridized carbons (Fsp3) is 0.545. The molecule has 0 atom stereocenters. The van der Waals surface area contributed by atoms with Gasteiger partial charge in [-0.1, -0.05) is 0 Å². The quantitative estimate of drug-likeness (QED) is 0.615. The second-order valence-corrected chi connectivity index (χ2v) is 3.43. The van der Waals surface area contributed by atoms with Gasteiger partial charge in [-0.15, -0.1) is 0 Å². The van der Waals surface area contributed by atoms with E-state index in [4.69, 9.17) is 20.7 Å². The third-order valence-corrected chi connectivity index (χ3v) is 2.22. The lowest BCUT2D eigenvalue weighted by molar-refractivity contribution is 0.280. The number of ether oxygens (including phenoxy) is 1. The summed E-state index contributed by atoms with van der Waals surface area (Å²) in [5, 5.41) is 17.9. The molecule has 0 aliphatic carbocycles. The fourth-order valence-electron chi connectivity index (χ4n) is 1.45. The first-order chi connectivity index (χ1) is 8.22. The van der Waals surface area contributed by atoms with Crippen LogP contribution in [-0.2, 0) is 0 Å². The van der Waals surface area contributed by atoms with Crippen LogP contribution >= 0.6 is 0 Å². The van der Waals surface area contributed by atoms with Gasteiger partial charge >= 0.3 is 0 Å². The Balaban J connectivity index is 2.90. The van der Waals surface area contributed by atoms with Gasteiger partial charge in [0.2, 0.25) is 5.88 Å². The molecule has 96 valence electrons. The molecule has 0 aliphatic rings. The van der Waals surface area contributed by atoms with Crippen molar-refractivity contribution >= 4 is 11.5 Å². The maximum Gasteiger partial charge on any atom is 0.239 e. The molecule has 17 heavy (non-hydrogen) atoms. The molecule has 0 aliphatic heterocycles. The maximum atomic E-state index is 8.94. The molecule has 1 aromatic rings. The number of nitrogen functional groups attached to an aromatic ring is 1. The molecular weight excluding hydrogens is 222 g/mol. The highest BCUT2D eigenvalue weighted by atomic mass is 16.5. The zero-order chi connectivity index (χ0) is 12.7. The molecule has 0 fully saturated rings. The summed E-state index contributed by atoms with van der Waals surface area (Å²) in [5.41, 5.74) is 6.19. The number of nitrogens with zero attached hydrogens (tertiary/aromatic N) is 2. The lowest BCUT2D eigenvalue weighted by Crippen LogP contribution is -2.30. The second kappa shape index (κ2) is 6.93. The number of anilines is 2. The standard InChI is InChI=1S/C11H19N3O3/c1-2-17-11-9(12)3-4-10(13-11)14(5-7-15)6-8-16/h3-4,15-16H,2,5-8,12H2,1H3. The van der Waals surface area contributed by atoms with E-state index in [0.29, 0.717) is 37.1 Å². The first-order valence-electron chi connectivity index (χ1n) is 5.58. The Morgan fingerprint density at radius 1 is 1.29 bits per heavy atom. The first-order valence-corrected chi connectivity index (χ1v) is 5.58. The van der Waals surface area contributed by atoms with Crippen LogP contribution in [0, 0.1) is 0 Å². The van der Waals surface area contributed by atoms with E-state index >= 15 is 0 Å². The molecule has 0 spiro atoms. The van der Waals surface area contributed by atoms with Gasteiger partial charge in [0.15, 0.2) is 0 Å². The van der Waals surface area contributed by atoms with E-state index in [1.807, 2.05) is 6.92 Å². The Morgan fingerprint density at radius 2 is 1.94 bits per heavy atom. The summed E-state index contributed by atoms with van der Waals surface area (Å²) in [6.07, 6.45) is 0. The van der Waals surface area contributed by atoms with E-state index in [9.17, 15) is 0 Å². The third-order valence-electron chi connectivity index (χ3n) is 2.22. The maximum absolute atomic E-state index is 8.94. The van der Waals surface area contributed by atoms with Crippen molar-refractivity contribution in [1.82, 2.24) is 4.98 Å². The largest absolute Gasteiger partial charge is 0.476 e. The smallest absolute Gasteiger partial charge is 0.239 e. The number of rotatable bonds is 7. The van der Waals surface area contributed by atoms with Crippen LogP contribution in [0.25, 0.3) is 0 Å². The minimum atomic E-state index is -0.00394. The van der Waals surface area contributed by atoms with Crippen molar-refractivity contribution in [3.63, 3.8) is 0 Å². The lowest BCUT2D eigenvalue weighted by atomic mass is 10.3. The summed E-state index contributed by atoms with van der Waals surface area (Å²) in [7, 11) is 0. The van der Waals surface area contributed by atoms with Gasteiger partial charge in [0.1, 0.15) is 5.82 Å². The van der Waals surface area contributed by atoms with Crippen LogP contribution in [0.3, 0.4) is 0 Å². The predicted octanol–water partition coefficient (Wildman–Crippen LogP) is -0.147. The van der Waals surface area contributed by atoms with Gasteiger partial charge in [0.05, 0.1) is 25.5 Å². The Morgan fingerprint density at radius 3 is 2.47 bits per heavy atom. The number of aromatic nitrogens is 1. The van der Waals surface area contributed by atoms with Crippen molar-refractivity contribution in [1.29, 1.82) is 0 Å². The molecule has 0 saturated carbocycles. The van der Waals surface area contributed by atoms with Gasteiger partial charge in [-0.2, -0.15) is 4.98 Å². The average Bonchev–Trinajstić information content (AvgIpc) is 2.32. The lowest BCUT2D eigenvalue weighted by Gasteiger charge is -2.22. The number of hydrogen-bond donors (Lipinski definition) is 3. The normalized spacial score (nSPS) is 10.3. The number of aliphatic hydroxyl groups is 2. The van der Waals surface area contributed by atoms with Crippen molar-refractivity contribution in [2.75, 3.05) is 43.5 Å². The van der Waals surface area contributed by atoms with Crippen LogP contribution in [0.1, 0.15) is 6.92 Å². The summed E-state index contributed by atoms with van der Waals surface area (Å²) in [6, 6.07) is 3.44. The molecule has 4 N–H and O–H groups in total. The molecule has 0 radical (unpaired) electrons. The van der Waals surface area contributed by atoms with Crippen LogP contribution in [-0.4, -0.2) is 48.1 Å². The molecule has 0 aromatic carbocycles. The highest BCUT2D eigenvalue weighted by molar-refractivity contribution is 5.54. The van der Waals surface area contributed by atoms with Crippen molar-refractivity contribution < 1.29 is 14.9 Å². The van der Waals surface area contributed by atoms with Gasteiger partial charge in [0, 0.05) is 13.1 Å². The molecule has 0 bridgehead atoms. The van der Waals surface area contributed by atoms with E-state index in [2.05, 4.69) is 4.98 Å². The summed E-state index contributed by atoms with van der Waals surface area (Å²) in [6.45, 7) is 3.14. The average molecular weight is 241 g/mol. The van der Waals surface area contributed by atoms with Crippen molar-refractivity contribution in [2.45, 2.75) is 6.92 Å². The van der Waals surface area contributed by atoms with E-state index in [-0.39, 0.29) is 13.2 Å². The van der Waals surface area contributed by atoms with E-state index in [1.54, 1.807) is 17.0 Å². The van der Waals surface area contributed by atoms with Crippen molar-refractivity contribution in [3.8, 4) is 5.88 Å². The van der Waals surface area contributed by atoms with Gasteiger partial charge in [0.25, 0.3) is 0 Å². The Bertz CT molecular complexity index is 341. The summed E-state index contributed by atoms with van der Waals surface area (Å²) in [5.74, 6) is 1.01. The minimum Gasteiger partial charge on any atom is -0.476 e. The van der Waals surface area contributed by atoms with E-state index in [0.717, 1.165) is 0 Å². The molecule has 1 aromatic heterocycles. The number of aliphatic hydroxyl groups excluding tert-OH is 2. The Labute approximate surface area is 101 Å². The van der Waals surface area contributed by atoms with Crippen molar-refractivity contribution in [2.24, 2.45) is 0 Å². The number of nitrogens with two attached hydrogens (primary N) is 1. The van der Waals surface area contributed by atoms with Crippen molar-refractivity contribution in [3.05, 3.63) is 12.1 Å². The Kier molecular flexibility index (Phi) is 5.51. The van der Waals surface area contributed by atoms with Crippen LogP contribution in [0.5, 0.6) is 5.88 Å². The van der Waals surface area contributed by atoms with Crippen LogP contribution < -0.4 is 15.4 Å². The Hall–Kier alpha value is -1.53. The van der Waals surface area contributed by atoms with Crippen LogP contribution in [0.2, 0.25) is 0 Å². The summed E-state index contributed by atoms with van der Waals surface area (Å²) < 4.78 is 5.30. The van der Waals surface area contributed by atoms with Crippen LogP contribution in [0.4, 0.5) is 11.5 Å². The molecule has 6 nitrogen and oxygen atoms in total. The predicted molar refractivity (Wildman–Crippen MR) is 66.2 cm³/mol. The molecular formula is C11H19N3O3. The third kappa shape index (κ3) is 3.76. The fourth-order valence-corrected chi connectivity index (χ4v) is 1.45. The SMILES string of the molecule is CCOc1nc(N(CCO)CCO)ccc1N. The second-order valence-electron chi connectivity index (χ2n) is 3.43. The molecule has 1 heterocycles. The van der Waals surface area contributed by atoms with Gasteiger partial charge < -0.3 is 25.6 Å².